The number of rotatable bonds is 11. The molecular formula is C43H62O16. The fourth-order valence-corrected chi connectivity index (χ4v) is 8.12. The Kier molecular flexibility index (Phi) is 17.1. The fraction of sp³-hybridized carbons (Fsp3) is 0.721. The summed E-state index contributed by atoms with van der Waals surface area (Å²) >= 11 is 0. The molecule has 3 saturated heterocycles. The standard InChI is InChI=1S/C43H62O16/c1-5-6-7-8-9-12-36(46)58-40-27(19-37(47)51-4)18-33-25-34(26-44)55-38(48)21-28(45)20-30-23-32(57-41(49)35-11-10-16-52-35)24-31(54-30)22-29-14-17-53-39(56-29)13-15-42(2,3)43(40,50)59-33/h10-11,13,15-16,19,28-34,39-40,44-45,50H,5-9,12,14,17-18,20-26H2,1-4H3/b15-13-,27-19+/t28-,29+,30-,31+,32+,33+,34-,39+,40+,43-/m1/s1. The summed E-state index contributed by atoms with van der Waals surface area (Å²) in [6.07, 6.45) is 3.69. The van der Waals surface area contributed by atoms with Crippen molar-refractivity contribution in [1.29, 1.82) is 0 Å². The molecule has 10 atom stereocenters. The molecule has 6 bridgehead atoms. The van der Waals surface area contributed by atoms with Gasteiger partial charge < -0.3 is 57.6 Å². The SMILES string of the molecule is CCCCCCCC(=O)O[C@H]1/C(=C/C(=O)OC)C[C@H]2C[C@H](CO)OC(=O)C[C@H](O)C[C@@H]3C[C@H](OC(=O)c4ccco4)C[C@H](C[C@@H]4CCO[C@H](/C=C\C(C)(C)[C@]1(O)O2)O4)O3. The maximum Gasteiger partial charge on any atom is 0.374 e. The Labute approximate surface area is 345 Å². The summed E-state index contributed by atoms with van der Waals surface area (Å²) in [5.41, 5.74) is -1.16. The highest BCUT2D eigenvalue weighted by molar-refractivity contribution is 5.86. The third-order valence-electron chi connectivity index (χ3n) is 11.3. The molecular weight excluding hydrogens is 772 g/mol. The number of furan rings is 1. The predicted molar refractivity (Wildman–Crippen MR) is 207 cm³/mol. The Balaban J connectivity index is 1.44. The first-order valence-corrected chi connectivity index (χ1v) is 20.9. The van der Waals surface area contributed by atoms with Crippen LogP contribution in [0.4, 0.5) is 0 Å². The zero-order chi connectivity index (χ0) is 42.6. The number of aliphatic hydroxyl groups excluding tert-OH is 2. The van der Waals surface area contributed by atoms with Crippen LogP contribution >= 0.6 is 0 Å². The van der Waals surface area contributed by atoms with Crippen molar-refractivity contribution in [3.63, 3.8) is 0 Å². The van der Waals surface area contributed by atoms with Gasteiger partial charge in [-0.15, -0.1) is 0 Å². The number of hydrogen-bond acceptors (Lipinski definition) is 16. The van der Waals surface area contributed by atoms with Gasteiger partial charge in [0, 0.05) is 50.0 Å². The van der Waals surface area contributed by atoms with Gasteiger partial charge in [-0.1, -0.05) is 52.5 Å². The molecule has 330 valence electrons. The lowest BCUT2D eigenvalue weighted by Gasteiger charge is -2.51. The highest BCUT2D eigenvalue weighted by Crippen LogP contribution is 2.47. The second-order valence-electron chi connectivity index (χ2n) is 16.5. The summed E-state index contributed by atoms with van der Waals surface area (Å²) in [7, 11) is 1.20. The van der Waals surface area contributed by atoms with Gasteiger partial charge in [0.2, 0.25) is 11.5 Å². The highest BCUT2D eigenvalue weighted by atomic mass is 16.7. The number of cyclic esters (lactones) is 1. The molecule has 4 aliphatic rings. The maximum atomic E-state index is 13.4. The third kappa shape index (κ3) is 13.2. The zero-order valence-electron chi connectivity index (χ0n) is 34.6. The van der Waals surface area contributed by atoms with E-state index in [1.807, 2.05) is 0 Å². The van der Waals surface area contributed by atoms with E-state index in [-0.39, 0.29) is 49.5 Å². The molecule has 3 fully saturated rings. The van der Waals surface area contributed by atoms with E-state index in [2.05, 4.69) is 6.92 Å². The number of carbonyl (C=O) groups excluding carboxylic acids is 4. The summed E-state index contributed by atoms with van der Waals surface area (Å²) in [4.78, 5) is 52.2. The van der Waals surface area contributed by atoms with Gasteiger partial charge in [0.15, 0.2) is 12.4 Å². The molecule has 0 unspecified atom stereocenters. The summed E-state index contributed by atoms with van der Waals surface area (Å²) in [6, 6.07) is 3.10. The second-order valence-corrected chi connectivity index (χ2v) is 16.5. The molecule has 16 heteroatoms. The molecule has 0 radical (unpaired) electrons. The van der Waals surface area contributed by atoms with E-state index in [1.54, 1.807) is 32.1 Å². The van der Waals surface area contributed by atoms with Gasteiger partial charge in [-0.25, -0.2) is 9.59 Å². The van der Waals surface area contributed by atoms with E-state index in [4.69, 9.17) is 42.3 Å². The topological polar surface area (TPSA) is 216 Å². The summed E-state index contributed by atoms with van der Waals surface area (Å²) in [6.45, 7) is 5.15. The number of ether oxygens (including phenoxy) is 8. The van der Waals surface area contributed by atoms with E-state index in [9.17, 15) is 34.5 Å². The smallest absolute Gasteiger partial charge is 0.374 e. The first-order valence-electron chi connectivity index (χ1n) is 20.9. The number of methoxy groups -OCH3 is 1. The number of unbranched alkanes of at least 4 members (excludes halogenated alkanes) is 4. The average molecular weight is 835 g/mol. The number of fused-ring (bicyclic) bond motifs is 6. The van der Waals surface area contributed by atoms with E-state index < -0.39 is 97.1 Å². The summed E-state index contributed by atoms with van der Waals surface area (Å²) < 4.78 is 52.7. The van der Waals surface area contributed by atoms with E-state index >= 15 is 0 Å². The Morgan fingerprint density at radius 2 is 1.71 bits per heavy atom. The van der Waals surface area contributed by atoms with Crippen LogP contribution in [0.15, 0.2) is 46.6 Å². The van der Waals surface area contributed by atoms with Gasteiger partial charge in [-0.2, -0.15) is 0 Å². The van der Waals surface area contributed by atoms with Crippen molar-refractivity contribution >= 4 is 23.9 Å². The number of esters is 4. The molecule has 1 aromatic heterocycles. The lowest BCUT2D eigenvalue weighted by molar-refractivity contribution is -0.327. The quantitative estimate of drug-likeness (QED) is 0.0901. The molecule has 3 N–H and O–H groups in total. The predicted octanol–water partition coefficient (Wildman–Crippen LogP) is 4.75. The van der Waals surface area contributed by atoms with Crippen molar-refractivity contribution in [2.75, 3.05) is 20.3 Å². The first-order chi connectivity index (χ1) is 28.2. The van der Waals surface area contributed by atoms with Gasteiger partial charge in [0.25, 0.3) is 0 Å². The number of carbonyl (C=O) groups is 4. The maximum absolute atomic E-state index is 13.4. The largest absolute Gasteiger partial charge is 0.466 e. The van der Waals surface area contributed by atoms with Gasteiger partial charge >= 0.3 is 23.9 Å². The van der Waals surface area contributed by atoms with E-state index in [1.165, 1.54) is 19.4 Å². The Morgan fingerprint density at radius 1 is 0.949 bits per heavy atom. The lowest BCUT2D eigenvalue weighted by atomic mass is 9.74. The minimum atomic E-state index is -2.31. The molecule has 0 amide bonds. The first kappa shape index (κ1) is 46.4. The van der Waals surface area contributed by atoms with Crippen molar-refractivity contribution in [3.8, 4) is 0 Å². The van der Waals surface area contributed by atoms with Crippen LogP contribution < -0.4 is 0 Å². The average Bonchev–Trinajstić information content (AvgIpc) is 3.73. The van der Waals surface area contributed by atoms with Crippen molar-refractivity contribution < 1.29 is 76.8 Å². The van der Waals surface area contributed by atoms with Crippen LogP contribution in [0.3, 0.4) is 0 Å². The number of aliphatic hydroxyl groups is 3. The van der Waals surface area contributed by atoms with Crippen LogP contribution in [0.2, 0.25) is 0 Å². The second kappa shape index (κ2) is 21.7. The van der Waals surface area contributed by atoms with Crippen LogP contribution in [0.25, 0.3) is 0 Å². The fourth-order valence-electron chi connectivity index (χ4n) is 8.12. The van der Waals surface area contributed by atoms with Crippen molar-refractivity contribution in [3.05, 3.63) is 48.0 Å². The molecule has 4 aliphatic heterocycles. The third-order valence-corrected chi connectivity index (χ3v) is 11.3. The van der Waals surface area contributed by atoms with Crippen molar-refractivity contribution in [1.82, 2.24) is 0 Å². The van der Waals surface area contributed by atoms with Crippen LogP contribution in [0, 0.1) is 5.41 Å². The molecule has 0 aliphatic carbocycles. The van der Waals surface area contributed by atoms with Gasteiger partial charge in [-0.3, -0.25) is 9.59 Å². The summed E-state index contributed by atoms with van der Waals surface area (Å²) in [5.74, 6) is -5.02. The van der Waals surface area contributed by atoms with Crippen molar-refractivity contribution in [2.45, 2.75) is 172 Å². The molecule has 0 aromatic carbocycles. The van der Waals surface area contributed by atoms with Crippen LogP contribution in [0.1, 0.15) is 121 Å². The highest BCUT2D eigenvalue weighted by Gasteiger charge is 2.57. The minimum absolute atomic E-state index is 0.0264. The Morgan fingerprint density at radius 3 is 2.42 bits per heavy atom. The van der Waals surface area contributed by atoms with Gasteiger partial charge in [0.05, 0.1) is 63.5 Å². The zero-order valence-corrected chi connectivity index (χ0v) is 34.6. The molecule has 0 saturated carbocycles. The van der Waals surface area contributed by atoms with E-state index in [0.717, 1.165) is 31.8 Å². The van der Waals surface area contributed by atoms with Crippen LogP contribution in [-0.4, -0.2) is 120 Å². The molecule has 59 heavy (non-hydrogen) atoms. The monoisotopic (exact) mass is 834 g/mol. The normalized spacial score (nSPS) is 34.2. The lowest BCUT2D eigenvalue weighted by Crippen LogP contribution is -2.62. The Bertz CT molecular complexity index is 1590. The summed E-state index contributed by atoms with van der Waals surface area (Å²) in [5, 5.41) is 34.2. The Hall–Kier alpha value is -3.64. The van der Waals surface area contributed by atoms with Crippen LogP contribution in [-0.2, 0) is 52.3 Å². The van der Waals surface area contributed by atoms with Gasteiger partial charge in [-0.05, 0) is 43.0 Å². The molecule has 1 aromatic rings. The minimum Gasteiger partial charge on any atom is -0.466 e. The van der Waals surface area contributed by atoms with Gasteiger partial charge in [0.1, 0.15) is 12.2 Å². The molecule has 0 spiro atoms. The molecule has 16 nitrogen and oxygen atoms in total. The van der Waals surface area contributed by atoms with Crippen LogP contribution in [0.5, 0.6) is 0 Å². The van der Waals surface area contributed by atoms with Crippen molar-refractivity contribution in [2.24, 2.45) is 5.41 Å². The van der Waals surface area contributed by atoms with E-state index in [0.29, 0.717) is 32.3 Å². The molecule has 5 heterocycles. The number of hydrogen-bond donors (Lipinski definition) is 3. The molecule has 5 rings (SSSR count).